The van der Waals surface area contributed by atoms with E-state index in [4.69, 9.17) is 5.14 Å². The molecule has 0 radical (unpaired) electrons. The van der Waals surface area contributed by atoms with E-state index < -0.39 is 39.3 Å². The first kappa shape index (κ1) is 23.6. The predicted molar refractivity (Wildman–Crippen MR) is 103 cm³/mol. The molecule has 2 heterocycles. The molecule has 0 unspecified atom stereocenters. The van der Waals surface area contributed by atoms with Gasteiger partial charge in [-0.2, -0.15) is 0 Å². The summed E-state index contributed by atoms with van der Waals surface area (Å²) in [4.78, 5) is 8.19. The third kappa shape index (κ3) is 6.21. The molecule has 172 valence electrons. The van der Waals surface area contributed by atoms with Gasteiger partial charge < -0.3 is 9.84 Å². The van der Waals surface area contributed by atoms with Crippen LogP contribution in [0.1, 0.15) is 18.2 Å². The van der Waals surface area contributed by atoms with E-state index in [2.05, 4.69) is 19.8 Å². The minimum absolute atomic E-state index is 0.00317. The summed E-state index contributed by atoms with van der Waals surface area (Å²) in [6.07, 6.45) is -3.71. The average molecular weight is 475 g/mol. The maximum absolute atomic E-state index is 14.0. The number of rotatable bonds is 7. The number of nitrogens with two attached hydrogens (primary N) is 1. The Balaban J connectivity index is 1.84. The fourth-order valence-corrected chi connectivity index (χ4v) is 3.79. The van der Waals surface area contributed by atoms with Gasteiger partial charge in [-0.1, -0.05) is 6.07 Å². The van der Waals surface area contributed by atoms with Crippen LogP contribution in [0.25, 0.3) is 11.5 Å². The Kier molecular flexibility index (Phi) is 6.22. The normalized spacial score (nSPS) is 14.2. The summed E-state index contributed by atoms with van der Waals surface area (Å²) in [7, 11) is -4.00. The fourth-order valence-electron chi connectivity index (χ4n) is 2.86. The quantitative estimate of drug-likeness (QED) is 0.499. The summed E-state index contributed by atoms with van der Waals surface area (Å²) in [6, 6.07) is 6.97. The van der Waals surface area contributed by atoms with Crippen LogP contribution in [0.4, 0.5) is 17.6 Å². The number of aliphatic hydroxyl groups is 1. The van der Waals surface area contributed by atoms with Gasteiger partial charge in [-0.05, 0) is 37.3 Å². The SMILES string of the molecule is C[C@](O)(CS(N)(=O)=O)c1cccc(-c2ncn(Cc3cc(OC(F)(F)F)ccc3F)n2)n1. The van der Waals surface area contributed by atoms with E-state index in [0.29, 0.717) is 0 Å². The lowest BCUT2D eigenvalue weighted by Gasteiger charge is -2.21. The number of pyridine rings is 1. The molecule has 0 aliphatic heterocycles. The van der Waals surface area contributed by atoms with Crippen molar-refractivity contribution in [3.63, 3.8) is 0 Å². The van der Waals surface area contributed by atoms with Gasteiger partial charge >= 0.3 is 6.36 Å². The summed E-state index contributed by atoms with van der Waals surface area (Å²) in [5.41, 5.74) is -1.83. The molecule has 14 heteroatoms. The second-order valence-corrected chi connectivity index (χ2v) is 8.67. The van der Waals surface area contributed by atoms with Crippen molar-refractivity contribution >= 4 is 10.0 Å². The van der Waals surface area contributed by atoms with Gasteiger partial charge in [-0.25, -0.2) is 32.6 Å². The van der Waals surface area contributed by atoms with Crippen LogP contribution in [0.15, 0.2) is 42.7 Å². The summed E-state index contributed by atoms with van der Waals surface area (Å²) in [5.74, 6) is -2.06. The predicted octanol–water partition coefficient (Wildman–Crippen LogP) is 1.92. The van der Waals surface area contributed by atoms with Crippen LogP contribution in [0, 0.1) is 5.82 Å². The largest absolute Gasteiger partial charge is 0.573 e. The molecule has 1 aromatic carbocycles. The third-order valence-corrected chi connectivity index (χ3v) is 5.10. The molecule has 0 fully saturated rings. The van der Waals surface area contributed by atoms with Crippen molar-refractivity contribution in [3.05, 3.63) is 59.8 Å². The molecule has 9 nitrogen and oxygen atoms in total. The minimum atomic E-state index is -4.92. The fraction of sp³-hybridized carbons (Fsp3) is 0.278. The van der Waals surface area contributed by atoms with Crippen LogP contribution in [-0.4, -0.2) is 45.4 Å². The Hall–Kier alpha value is -3.10. The molecule has 32 heavy (non-hydrogen) atoms. The molecule has 3 aromatic rings. The van der Waals surface area contributed by atoms with E-state index in [1.54, 1.807) is 0 Å². The summed E-state index contributed by atoms with van der Waals surface area (Å²) in [5, 5.41) is 19.5. The lowest BCUT2D eigenvalue weighted by molar-refractivity contribution is -0.274. The van der Waals surface area contributed by atoms with E-state index in [1.807, 2.05) is 0 Å². The standard InChI is InChI=1S/C18H17F4N5O4S/c1-17(28,9-32(23,29)30)15-4-2-3-14(25-15)16-24-10-27(26-16)8-11-7-12(5-6-13(11)19)31-18(20,21)22/h2-7,10,28H,8-9H2,1H3,(H2,23,29,30)/t17-/m0/s1. The van der Waals surface area contributed by atoms with Crippen molar-refractivity contribution < 1.29 is 35.8 Å². The molecule has 0 aliphatic carbocycles. The zero-order chi connectivity index (χ0) is 23.7. The molecule has 2 aromatic heterocycles. The number of ether oxygens (including phenoxy) is 1. The number of benzene rings is 1. The zero-order valence-electron chi connectivity index (χ0n) is 16.4. The van der Waals surface area contributed by atoms with Crippen LogP contribution in [0.5, 0.6) is 5.75 Å². The van der Waals surface area contributed by atoms with Crippen molar-refractivity contribution in [2.75, 3.05) is 5.75 Å². The molecule has 1 atom stereocenters. The van der Waals surface area contributed by atoms with Gasteiger partial charge in [0.05, 0.1) is 18.0 Å². The van der Waals surface area contributed by atoms with Crippen molar-refractivity contribution in [3.8, 4) is 17.3 Å². The number of primary sulfonamides is 1. The van der Waals surface area contributed by atoms with E-state index in [9.17, 15) is 31.1 Å². The Morgan fingerprint density at radius 2 is 1.94 bits per heavy atom. The first-order valence-electron chi connectivity index (χ1n) is 8.86. The molecule has 0 bridgehead atoms. The van der Waals surface area contributed by atoms with Crippen LogP contribution in [-0.2, 0) is 22.2 Å². The average Bonchev–Trinajstić information content (AvgIpc) is 3.10. The number of hydrogen-bond donors (Lipinski definition) is 2. The molecule has 0 amide bonds. The summed E-state index contributed by atoms with van der Waals surface area (Å²) < 4.78 is 78.9. The summed E-state index contributed by atoms with van der Waals surface area (Å²) >= 11 is 0. The smallest absolute Gasteiger partial charge is 0.406 e. The lowest BCUT2D eigenvalue weighted by atomic mass is 10.0. The lowest BCUT2D eigenvalue weighted by Crippen LogP contribution is -2.35. The van der Waals surface area contributed by atoms with Gasteiger partial charge in [0.25, 0.3) is 0 Å². The Labute approximate surface area is 179 Å². The molecule has 0 spiro atoms. The minimum Gasteiger partial charge on any atom is -0.406 e. The van der Waals surface area contributed by atoms with Gasteiger partial charge in [0, 0.05) is 5.56 Å². The van der Waals surface area contributed by atoms with E-state index in [0.717, 1.165) is 18.2 Å². The number of sulfonamides is 1. The van der Waals surface area contributed by atoms with Gasteiger partial charge in [0.15, 0.2) is 5.82 Å². The molecule has 3 N–H and O–H groups in total. The maximum atomic E-state index is 14.0. The highest BCUT2D eigenvalue weighted by Gasteiger charge is 2.32. The van der Waals surface area contributed by atoms with Gasteiger partial charge in [0.1, 0.15) is 29.2 Å². The van der Waals surface area contributed by atoms with Gasteiger partial charge in [-0.3, -0.25) is 0 Å². The summed E-state index contributed by atoms with van der Waals surface area (Å²) in [6.45, 7) is 0.977. The first-order valence-corrected chi connectivity index (χ1v) is 10.6. The van der Waals surface area contributed by atoms with Gasteiger partial charge in [0.2, 0.25) is 10.0 Å². The molecule has 0 saturated heterocycles. The third-order valence-electron chi connectivity index (χ3n) is 4.13. The Bertz CT molecular complexity index is 1230. The molecular formula is C18H17F4N5O4S. The van der Waals surface area contributed by atoms with Crippen molar-refractivity contribution in [1.82, 2.24) is 19.7 Å². The number of aromatic nitrogens is 4. The number of alkyl halides is 3. The highest BCUT2D eigenvalue weighted by Crippen LogP contribution is 2.26. The molecule has 0 saturated carbocycles. The highest BCUT2D eigenvalue weighted by atomic mass is 32.2. The molecule has 3 rings (SSSR count). The number of halogens is 4. The van der Waals surface area contributed by atoms with Crippen molar-refractivity contribution in [1.29, 1.82) is 0 Å². The van der Waals surface area contributed by atoms with Crippen molar-refractivity contribution in [2.45, 2.75) is 25.4 Å². The number of nitrogens with zero attached hydrogens (tertiary/aromatic N) is 4. The Morgan fingerprint density at radius 3 is 2.59 bits per heavy atom. The van der Waals surface area contributed by atoms with E-state index in [-0.39, 0.29) is 29.3 Å². The highest BCUT2D eigenvalue weighted by molar-refractivity contribution is 7.89. The molecular weight excluding hydrogens is 458 g/mol. The Morgan fingerprint density at radius 1 is 1.22 bits per heavy atom. The maximum Gasteiger partial charge on any atom is 0.573 e. The second-order valence-electron chi connectivity index (χ2n) is 7.06. The van der Waals surface area contributed by atoms with Crippen LogP contribution >= 0.6 is 0 Å². The van der Waals surface area contributed by atoms with Gasteiger partial charge in [-0.15, -0.1) is 18.3 Å². The van der Waals surface area contributed by atoms with Crippen LogP contribution in [0.3, 0.4) is 0 Å². The van der Waals surface area contributed by atoms with E-state index in [1.165, 1.54) is 36.1 Å². The van der Waals surface area contributed by atoms with Crippen LogP contribution in [0.2, 0.25) is 0 Å². The monoisotopic (exact) mass is 475 g/mol. The second kappa shape index (κ2) is 8.44. The first-order chi connectivity index (χ1) is 14.7. The van der Waals surface area contributed by atoms with Crippen molar-refractivity contribution in [2.24, 2.45) is 5.14 Å². The van der Waals surface area contributed by atoms with E-state index >= 15 is 0 Å². The van der Waals surface area contributed by atoms with Crippen LogP contribution < -0.4 is 9.88 Å². The zero-order valence-corrected chi connectivity index (χ0v) is 17.2. The molecule has 0 aliphatic rings. The number of hydrogen-bond acceptors (Lipinski definition) is 7. The topological polar surface area (TPSA) is 133 Å².